The second-order valence-electron chi connectivity index (χ2n) is 8.55. The highest BCUT2D eigenvalue weighted by atomic mass is 16.2. The van der Waals surface area contributed by atoms with E-state index in [0.717, 1.165) is 23.4 Å². The van der Waals surface area contributed by atoms with Gasteiger partial charge in [0, 0.05) is 24.5 Å². The van der Waals surface area contributed by atoms with Crippen LogP contribution in [0.4, 0.5) is 0 Å². The smallest absolute Gasteiger partial charge is 0.262 e. The van der Waals surface area contributed by atoms with Crippen LogP contribution in [0.5, 0.6) is 0 Å². The zero-order valence-corrected chi connectivity index (χ0v) is 16.7. The lowest BCUT2D eigenvalue weighted by molar-refractivity contribution is -0.136. The number of carbonyl (C=O) groups is 4. The molecule has 154 valence electrons. The van der Waals surface area contributed by atoms with Gasteiger partial charge in [-0.3, -0.25) is 29.4 Å². The maximum Gasteiger partial charge on any atom is 0.262 e. The van der Waals surface area contributed by atoms with Gasteiger partial charge in [0.15, 0.2) is 0 Å². The van der Waals surface area contributed by atoms with Crippen LogP contribution in [0, 0.1) is 0 Å². The Morgan fingerprint density at radius 3 is 2.55 bits per heavy atom. The molecule has 8 nitrogen and oxygen atoms in total. The summed E-state index contributed by atoms with van der Waals surface area (Å²) >= 11 is 0. The van der Waals surface area contributed by atoms with Crippen molar-refractivity contribution in [3.63, 3.8) is 0 Å². The summed E-state index contributed by atoms with van der Waals surface area (Å²) in [5.74, 6) is -1.92. The van der Waals surface area contributed by atoms with Crippen molar-refractivity contribution in [3.05, 3.63) is 34.9 Å². The van der Waals surface area contributed by atoms with Crippen molar-refractivity contribution in [1.29, 1.82) is 0 Å². The highest BCUT2D eigenvalue weighted by Gasteiger charge is 2.44. The van der Waals surface area contributed by atoms with Gasteiger partial charge >= 0.3 is 0 Å². The van der Waals surface area contributed by atoms with Crippen LogP contribution in [0.2, 0.25) is 0 Å². The Kier molecular flexibility index (Phi) is 5.00. The molecule has 2 atom stereocenters. The maximum atomic E-state index is 12.9. The molecule has 2 unspecified atom stereocenters. The highest BCUT2D eigenvalue weighted by molar-refractivity contribution is 6.23. The standard InChI is InChI=1S/C21H26N4O4/c1-21(2,16-4-3-9-22-16)23-11-12-5-6-13-14(10-12)20(29)25(19(13)28)15-7-8-17(26)24-18(15)27/h5-6,10,15-16,22-23H,3-4,7-9,11H2,1-2H3,(H,24,26,27). The third kappa shape index (κ3) is 3.58. The average molecular weight is 398 g/mol. The normalized spacial score (nSPS) is 24.8. The van der Waals surface area contributed by atoms with E-state index in [4.69, 9.17) is 0 Å². The lowest BCUT2D eigenvalue weighted by Gasteiger charge is -2.33. The fraction of sp³-hybridized carbons (Fsp3) is 0.524. The fourth-order valence-corrected chi connectivity index (χ4v) is 4.38. The van der Waals surface area contributed by atoms with Gasteiger partial charge in [-0.1, -0.05) is 6.07 Å². The van der Waals surface area contributed by atoms with Crippen molar-refractivity contribution in [3.8, 4) is 0 Å². The van der Waals surface area contributed by atoms with E-state index in [-0.39, 0.29) is 24.3 Å². The molecular weight excluding hydrogens is 372 g/mol. The van der Waals surface area contributed by atoms with Crippen molar-refractivity contribution in [2.24, 2.45) is 0 Å². The summed E-state index contributed by atoms with van der Waals surface area (Å²) in [5.41, 5.74) is 1.42. The lowest BCUT2D eigenvalue weighted by Crippen LogP contribution is -2.54. The molecule has 8 heteroatoms. The molecule has 29 heavy (non-hydrogen) atoms. The van der Waals surface area contributed by atoms with Crippen molar-refractivity contribution in [2.45, 2.75) is 63.7 Å². The van der Waals surface area contributed by atoms with E-state index >= 15 is 0 Å². The predicted molar refractivity (Wildman–Crippen MR) is 105 cm³/mol. The molecule has 0 aliphatic carbocycles. The van der Waals surface area contributed by atoms with Gasteiger partial charge in [0.05, 0.1) is 11.1 Å². The first-order valence-electron chi connectivity index (χ1n) is 10.1. The van der Waals surface area contributed by atoms with Crippen LogP contribution in [-0.2, 0) is 16.1 Å². The van der Waals surface area contributed by atoms with Gasteiger partial charge in [-0.05, 0) is 57.4 Å². The zero-order chi connectivity index (χ0) is 20.8. The number of hydrogen-bond donors (Lipinski definition) is 3. The summed E-state index contributed by atoms with van der Waals surface area (Å²) in [4.78, 5) is 50.2. The molecule has 2 fully saturated rings. The van der Waals surface area contributed by atoms with Gasteiger partial charge in [0.1, 0.15) is 6.04 Å². The molecular formula is C21H26N4O4. The number of fused-ring (bicyclic) bond motifs is 1. The van der Waals surface area contributed by atoms with Gasteiger partial charge in [-0.25, -0.2) is 0 Å². The summed E-state index contributed by atoms with van der Waals surface area (Å²) < 4.78 is 0. The minimum absolute atomic E-state index is 0.103. The quantitative estimate of drug-likeness (QED) is 0.631. The maximum absolute atomic E-state index is 12.9. The van der Waals surface area contributed by atoms with E-state index in [0.29, 0.717) is 23.7 Å². The molecule has 4 rings (SSSR count). The SMILES string of the molecule is CC(C)(NCc1ccc2c(c1)C(=O)N(C1CCC(=O)NC1=O)C2=O)C1CCCN1. The molecule has 2 saturated heterocycles. The van der Waals surface area contributed by atoms with E-state index in [2.05, 4.69) is 29.8 Å². The highest BCUT2D eigenvalue weighted by Crippen LogP contribution is 2.28. The third-order valence-electron chi connectivity index (χ3n) is 6.18. The van der Waals surface area contributed by atoms with Crippen LogP contribution in [0.1, 0.15) is 65.8 Å². The molecule has 0 radical (unpaired) electrons. The van der Waals surface area contributed by atoms with Crippen molar-refractivity contribution in [2.75, 3.05) is 6.54 Å². The molecule has 0 spiro atoms. The van der Waals surface area contributed by atoms with E-state index in [1.54, 1.807) is 12.1 Å². The number of nitrogens with zero attached hydrogens (tertiary/aromatic N) is 1. The molecule has 3 aliphatic heterocycles. The number of amides is 4. The van der Waals surface area contributed by atoms with Crippen LogP contribution < -0.4 is 16.0 Å². The van der Waals surface area contributed by atoms with Gasteiger partial charge in [-0.2, -0.15) is 0 Å². The van der Waals surface area contributed by atoms with Crippen LogP contribution in [0.15, 0.2) is 18.2 Å². The van der Waals surface area contributed by atoms with Crippen molar-refractivity contribution >= 4 is 23.6 Å². The Balaban J connectivity index is 1.50. The van der Waals surface area contributed by atoms with E-state index in [1.807, 2.05) is 6.07 Å². The van der Waals surface area contributed by atoms with Crippen LogP contribution in [0.25, 0.3) is 0 Å². The van der Waals surface area contributed by atoms with Gasteiger partial charge in [0.25, 0.3) is 11.8 Å². The average Bonchev–Trinajstić information content (AvgIpc) is 3.30. The number of carbonyl (C=O) groups excluding carboxylic acids is 4. The molecule has 3 aliphatic rings. The Bertz CT molecular complexity index is 889. The number of piperidine rings is 1. The molecule has 0 saturated carbocycles. The second kappa shape index (κ2) is 7.35. The van der Waals surface area contributed by atoms with Gasteiger partial charge in [0.2, 0.25) is 11.8 Å². The summed E-state index contributed by atoms with van der Waals surface area (Å²) in [6, 6.07) is 4.67. The first-order chi connectivity index (χ1) is 13.8. The molecule has 3 heterocycles. The van der Waals surface area contributed by atoms with E-state index < -0.39 is 23.8 Å². The minimum Gasteiger partial charge on any atom is -0.312 e. The zero-order valence-electron chi connectivity index (χ0n) is 16.7. The molecule has 3 N–H and O–H groups in total. The van der Waals surface area contributed by atoms with E-state index in [1.165, 1.54) is 6.42 Å². The predicted octanol–water partition coefficient (Wildman–Crippen LogP) is 0.708. The van der Waals surface area contributed by atoms with Gasteiger partial charge < -0.3 is 10.6 Å². The number of benzene rings is 1. The van der Waals surface area contributed by atoms with Crippen LogP contribution in [0.3, 0.4) is 0 Å². The summed E-state index contributed by atoms with van der Waals surface area (Å²) in [7, 11) is 0. The minimum atomic E-state index is -0.936. The molecule has 1 aromatic rings. The monoisotopic (exact) mass is 398 g/mol. The summed E-state index contributed by atoms with van der Waals surface area (Å²) in [5, 5.41) is 9.26. The lowest BCUT2D eigenvalue weighted by atomic mass is 9.93. The summed E-state index contributed by atoms with van der Waals surface area (Å²) in [6.45, 7) is 5.91. The molecule has 1 aromatic carbocycles. The third-order valence-corrected chi connectivity index (χ3v) is 6.18. The Morgan fingerprint density at radius 1 is 1.10 bits per heavy atom. The first-order valence-corrected chi connectivity index (χ1v) is 10.1. The Morgan fingerprint density at radius 2 is 1.86 bits per heavy atom. The molecule has 4 amide bonds. The Labute approximate surface area is 169 Å². The van der Waals surface area contributed by atoms with Crippen LogP contribution >= 0.6 is 0 Å². The number of rotatable bonds is 5. The van der Waals surface area contributed by atoms with Crippen molar-refractivity contribution in [1.82, 2.24) is 20.9 Å². The Hall–Kier alpha value is -2.58. The van der Waals surface area contributed by atoms with Crippen molar-refractivity contribution < 1.29 is 19.2 Å². The largest absolute Gasteiger partial charge is 0.312 e. The van der Waals surface area contributed by atoms with E-state index in [9.17, 15) is 19.2 Å². The molecule has 0 bridgehead atoms. The number of nitrogens with one attached hydrogen (secondary N) is 3. The van der Waals surface area contributed by atoms with Gasteiger partial charge in [-0.15, -0.1) is 0 Å². The fourth-order valence-electron chi connectivity index (χ4n) is 4.38. The summed E-state index contributed by atoms with van der Waals surface area (Å²) in [6.07, 6.45) is 2.57. The number of hydrogen-bond acceptors (Lipinski definition) is 6. The molecule has 0 aromatic heterocycles. The van der Waals surface area contributed by atoms with Crippen LogP contribution in [-0.4, -0.2) is 52.7 Å². The second-order valence-corrected chi connectivity index (χ2v) is 8.55. The first kappa shape index (κ1) is 19.7. The number of imide groups is 2. The topological polar surface area (TPSA) is 108 Å².